The number of benzene rings is 1. The van der Waals surface area contributed by atoms with Crippen molar-refractivity contribution in [2.24, 2.45) is 0 Å². The minimum Gasteiger partial charge on any atom is -0.369 e. The van der Waals surface area contributed by atoms with Gasteiger partial charge >= 0.3 is 0 Å². The zero-order valence-electron chi connectivity index (χ0n) is 13.0. The van der Waals surface area contributed by atoms with Gasteiger partial charge in [-0.3, -0.25) is 0 Å². The minimum absolute atomic E-state index is 0.140. The normalized spacial score (nSPS) is 21.0. The SMILES string of the molecule is CCCNC(C)c1cc(F)ccc1N1CCCCC1C. The van der Waals surface area contributed by atoms with Gasteiger partial charge in [0.2, 0.25) is 0 Å². The van der Waals surface area contributed by atoms with Crippen LogP contribution in [-0.2, 0) is 0 Å². The summed E-state index contributed by atoms with van der Waals surface area (Å²) in [4.78, 5) is 2.45. The monoisotopic (exact) mass is 278 g/mol. The van der Waals surface area contributed by atoms with Gasteiger partial charge in [-0.25, -0.2) is 4.39 Å². The number of nitrogens with one attached hydrogen (secondary N) is 1. The molecule has 1 aliphatic rings. The van der Waals surface area contributed by atoms with Gasteiger partial charge in [0.15, 0.2) is 0 Å². The summed E-state index contributed by atoms with van der Waals surface area (Å²) in [6.45, 7) is 8.60. The summed E-state index contributed by atoms with van der Waals surface area (Å²) in [5, 5.41) is 3.48. The van der Waals surface area contributed by atoms with Crippen molar-refractivity contribution in [1.29, 1.82) is 0 Å². The Balaban J connectivity index is 2.27. The topological polar surface area (TPSA) is 15.3 Å². The first-order chi connectivity index (χ1) is 9.63. The van der Waals surface area contributed by atoms with Crippen LogP contribution in [0.2, 0.25) is 0 Å². The molecule has 112 valence electrons. The van der Waals surface area contributed by atoms with Crippen LogP contribution in [0.5, 0.6) is 0 Å². The molecule has 0 amide bonds. The highest BCUT2D eigenvalue weighted by Crippen LogP contribution is 2.32. The molecule has 1 heterocycles. The van der Waals surface area contributed by atoms with Crippen LogP contribution in [0.25, 0.3) is 0 Å². The largest absolute Gasteiger partial charge is 0.369 e. The fourth-order valence-corrected chi connectivity index (χ4v) is 3.06. The molecule has 1 aromatic rings. The van der Waals surface area contributed by atoms with Crippen LogP contribution >= 0.6 is 0 Å². The van der Waals surface area contributed by atoms with E-state index in [1.54, 1.807) is 12.1 Å². The van der Waals surface area contributed by atoms with E-state index in [4.69, 9.17) is 0 Å². The van der Waals surface area contributed by atoms with Crippen molar-refractivity contribution in [2.45, 2.75) is 58.5 Å². The van der Waals surface area contributed by atoms with E-state index in [1.807, 2.05) is 6.07 Å². The Kier molecular flexibility index (Phi) is 5.41. The number of piperidine rings is 1. The second-order valence-electron chi connectivity index (χ2n) is 5.92. The molecule has 0 radical (unpaired) electrons. The van der Waals surface area contributed by atoms with Gasteiger partial charge in [-0.2, -0.15) is 0 Å². The fourth-order valence-electron chi connectivity index (χ4n) is 3.06. The maximum absolute atomic E-state index is 13.6. The van der Waals surface area contributed by atoms with Gasteiger partial charge in [-0.1, -0.05) is 6.92 Å². The average molecular weight is 278 g/mol. The highest BCUT2D eigenvalue weighted by atomic mass is 19.1. The van der Waals surface area contributed by atoms with E-state index in [9.17, 15) is 4.39 Å². The molecule has 1 fully saturated rings. The van der Waals surface area contributed by atoms with Gasteiger partial charge in [0.05, 0.1) is 0 Å². The molecule has 2 atom stereocenters. The fraction of sp³-hybridized carbons (Fsp3) is 0.647. The Morgan fingerprint density at radius 3 is 2.90 bits per heavy atom. The Hall–Kier alpha value is -1.09. The second-order valence-corrected chi connectivity index (χ2v) is 5.92. The Morgan fingerprint density at radius 1 is 1.40 bits per heavy atom. The minimum atomic E-state index is -0.140. The van der Waals surface area contributed by atoms with Crippen molar-refractivity contribution in [2.75, 3.05) is 18.0 Å². The number of nitrogens with zero attached hydrogens (tertiary/aromatic N) is 1. The van der Waals surface area contributed by atoms with Crippen molar-refractivity contribution in [3.8, 4) is 0 Å². The summed E-state index contributed by atoms with van der Waals surface area (Å²) in [6.07, 6.45) is 4.86. The smallest absolute Gasteiger partial charge is 0.123 e. The van der Waals surface area contributed by atoms with E-state index >= 15 is 0 Å². The lowest BCUT2D eigenvalue weighted by molar-refractivity contribution is 0.479. The Labute approximate surface area is 122 Å². The van der Waals surface area contributed by atoms with Gasteiger partial charge < -0.3 is 10.2 Å². The zero-order valence-corrected chi connectivity index (χ0v) is 13.0. The summed E-state index contributed by atoms with van der Waals surface area (Å²) in [6, 6.07) is 5.98. The molecular formula is C17H27FN2. The van der Waals surface area contributed by atoms with E-state index in [0.29, 0.717) is 6.04 Å². The third kappa shape index (κ3) is 3.51. The highest BCUT2D eigenvalue weighted by molar-refractivity contribution is 5.56. The van der Waals surface area contributed by atoms with Crippen LogP contribution in [0.15, 0.2) is 18.2 Å². The van der Waals surface area contributed by atoms with Gasteiger partial charge in [-0.15, -0.1) is 0 Å². The standard InChI is InChI=1S/C17H27FN2/c1-4-10-19-14(3)16-12-15(18)8-9-17(16)20-11-6-5-7-13(20)2/h8-9,12-14,19H,4-7,10-11H2,1-3H3. The molecule has 2 unspecified atom stereocenters. The molecular weight excluding hydrogens is 251 g/mol. The molecule has 0 aliphatic carbocycles. The van der Waals surface area contributed by atoms with E-state index in [2.05, 4.69) is 31.0 Å². The highest BCUT2D eigenvalue weighted by Gasteiger charge is 2.22. The number of anilines is 1. The van der Waals surface area contributed by atoms with Crippen molar-refractivity contribution in [1.82, 2.24) is 5.32 Å². The molecule has 0 aromatic heterocycles. The van der Waals surface area contributed by atoms with Crippen LogP contribution in [0, 0.1) is 5.82 Å². The predicted molar refractivity (Wildman–Crippen MR) is 83.8 cm³/mol. The number of hydrogen-bond acceptors (Lipinski definition) is 2. The van der Waals surface area contributed by atoms with Crippen LogP contribution in [0.1, 0.15) is 58.1 Å². The maximum atomic E-state index is 13.6. The third-order valence-electron chi connectivity index (χ3n) is 4.27. The van der Waals surface area contributed by atoms with Crippen LogP contribution in [-0.4, -0.2) is 19.1 Å². The molecule has 1 saturated heterocycles. The van der Waals surface area contributed by atoms with E-state index < -0.39 is 0 Å². The lowest BCUT2D eigenvalue weighted by Crippen LogP contribution is -2.38. The summed E-state index contributed by atoms with van der Waals surface area (Å²) in [5.41, 5.74) is 2.29. The van der Waals surface area contributed by atoms with Gasteiger partial charge in [0.25, 0.3) is 0 Å². The molecule has 0 bridgehead atoms. The second kappa shape index (κ2) is 7.07. The third-order valence-corrected chi connectivity index (χ3v) is 4.27. The number of rotatable bonds is 5. The van der Waals surface area contributed by atoms with Crippen molar-refractivity contribution < 1.29 is 4.39 Å². The first kappa shape index (κ1) is 15.3. The van der Waals surface area contributed by atoms with Crippen molar-refractivity contribution >= 4 is 5.69 Å². The average Bonchev–Trinajstić information content (AvgIpc) is 2.45. The molecule has 2 rings (SSSR count). The van der Waals surface area contributed by atoms with Gasteiger partial charge in [0, 0.05) is 24.3 Å². The number of halogens is 1. The van der Waals surface area contributed by atoms with Crippen LogP contribution in [0.4, 0.5) is 10.1 Å². The first-order valence-corrected chi connectivity index (χ1v) is 7.93. The first-order valence-electron chi connectivity index (χ1n) is 7.93. The molecule has 1 aliphatic heterocycles. The lowest BCUT2D eigenvalue weighted by atomic mass is 9.98. The Morgan fingerprint density at radius 2 is 2.20 bits per heavy atom. The lowest BCUT2D eigenvalue weighted by Gasteiger charge is -2.37. The summed E-state index contributed by atoms with van der Waals surface area (Å²) < 4.78 is 13.6. The molecule has 0 saturated carbocycles. The van der Waals surface area contributed by atoms with Crippen molar-refractivity contribution in [3.05, 3.63) is 29.6 Å². The zero-order chi connectivity index (χ0) is 14.5. The van der Waals surface area contributed by atoms with Gasteiger partial charge in [0.1, 0.15) is 5.82 Å². The Bertz CT molecular complexity index is 433. The van der Waals surface area contributed by atoms with Crippen molar-refractivity contribution in [3.63, 3.8) is 0 Å². The quantitative estimate of drug-likeness (QED) is 0.865. The molecule has 1 N–H and O–H groups in total. The maximum Gasteiger partial charge on any atom is 0.123 e. The molecule has 0 spiro atoms. The van der Waals surface area contributed by atoms with Crippen LogP contribution < -0.4 is 10.2 Å². The molecule has 20 heavy (non-hydrogen) atoms. The summed E-state index contributed by atoms with van der Waals surface area (Å²) >= 11 is 0. The van der Waals surface area contributed by atoms with Gasteiger partial charge in [-0.05, 0) is 69.8 Å². The van der Waals surface area contributed by atoms with E-state index in [-0.39, 0.29) is 11.9 Å². The molecule has 1 aromatic carbocycles. The summed E-state index contributed by atoms with van der Waals surface area (Å²) in [7, 11) is 0. The number of hydrogen-bond donors (Lipinski definition) is 1. The molecule has 3 heteroatoms. The summed E-state index contributed by atoms with van der Waals surface area (Å²) in [5.74, 6) is -0.140. The van der Waals surface area contributed by atoms with Crippen LogP contribution in [0.3, 0.4) is 0 Å². The predicted octanol–water partition coefficient (Wildman–Crippen LogP) is 4.27. The van der Waals surface area contributed by atoms with E-state index in [1.165, 1.54) is 24.9 Å². The molecule has 2 nitrogen and oxygen atoms in total. The van der Waals surface area contributed by atoms with E-state index in [0.717, 1.165) is 25.1 Å².